The van der Waals surface area contributed by atoms with E-state index >= 15 is 0 Å². The van der Waals surface area contributed by atoms with Gasteiger partial charge in [-0.05, 0) is 55.7 Å². The predicted octanol–water partition coefficient (Wildman–Crippen LogP) is 5.15. The quantitative estimate of drug-likeness (QED) is 0.266. The summed E-state index contributed by atoms with van der Waals surface area (Å²) in [7, 11) is 2.05. The van der Waals surface area contributed by atoms with Crippen molar-refractivity contribution in [3.05, 3.63) is 30.0 Å². The highest BCUT2D eigenvalue weighted by Crippen LogP contribution is 2.45. The number of nitrogens with zero attached hydrogens (tertiary/aromatic N) is 5. The third-order valence-corrected chi connectivity index (χ3v) is 8.61. The Morgan fingerprint density at radius 2 is 2.25 bits per heavy atom. The minimum absolute atomic E-state index is 0.532. The molecule has 1 atom stereocenters. The van der Waals surface area contributed by atoms with Gasteiger partial charge in [0.1, 0.15) is 28.4 Å². The van der Waals surface area contributed by atoms with Crippen molar-refractivity contribution in [1.29, 1.82) is 0 Å². The predicted molar refractivity (Wildman–Crippen MR) is 136 cm³/mol. The average Bonchev–Trinajstić information content (AvgIpc) is 3.47. The summed E-state index contributed by atoms with van der Waals surface area (Å²) in [5.41, 5.74) is 10.8. The van der Waals surface area contributed by atoms with Gasteiger partial charge in [0.25, 0.3) is 0 Å². The number of fused-ring (bicyclic) bond motifs is 1. The molecule has 9 heteroatoms. The van der Waals surface area contributed by atoms with Crippen molar-refractivity contribution < 1.29 is 4.55 Å². The molecule has 0 radical (unpaired) electrons. The first-order valence-electron chi connectivity index (χ1n) is 10.7. The number of unbranched alkanes of at least 4 members (excludes halogenated alkanes) is 1. The second kappa shape index (κ2) is 9.56. The molecule has 0 amide bonds. The summed E-state index contributed by atoms with van der Waals surface area (Å²) in [4.78, 5) is 18.1. The number of imidazole rings is 1. The van der Waals surface area contributed by atoms with Crippen LogP contribution < -0.4 is 5.73 Å². The van der Waals surface area contributed by atoms with Crippen LogP contribution in [0.15, 0.2) is 32.7 Å². The molecular formula is C23H28N6OS2. The molecule has 0 bridgehead atoms. The molecule has 32 heavy (non-hydrogen) atoms. The van der Waals surface area contributed by atoms with Crippen LogP contribution in [0.4, 0.5) is 5.69 Å². The number of anilines is 1. The van der Waals surface area contributed by atoms with E-state index < -0.39 is 11.2 Å². The standard InChI is InChI=1S/C23H28N6OS2/c1-5-6-9-32(30)23-20(24)19-16(18-12-27-21(29(18)4)15-7-8-15)10-17(28-22(19)31-23)14(2)11-26-13-25-3/h10-13,15H,3,5-9,24H2,1-2,4H3/b14-11+,26-13-. The minimum Gasteiger partial charge on any atom is -0.611 e. The third-order valence-electron chi connectivity index (χ3n) is 5.62. The summed E-state index contributed by atoms with van der Waals surface area (Å²) < 4.78 is 15.8. The van der Waals surface area contributed by atoms with Crippen LogP contribution in [0.5, 0.6) is 0 Å². The Hall–Kier alpha value is -2.49. The molecule has 1 aliphatic rings. The molecule has 0 saturated heterocycles. The number of thiophene rings is 1. The summed E-state index contributed by atoms with van der Waals surface area (Å²) in [5.74, 6) is 2.24. The van der Waals surface area contributed by atoms with Crippen LogP contribution in [0.2, 0.25) is 0 Å². The van der Waals surface area contributed by atoms with Crippen LogP contribution >= 0.6 is 11.3 Å². The number of aromatic nitrogens is 3. The number of allylic oxidation sites excluding steroid dienone is 1. The summed E-state index contributed by atoms with van der Waals surface area (Å²) in [5, 5.41) is 0.855. The van der Waals surface area contributed by atoms with E-state index in [0.29, 0.717) is 21.6 Å². The highest BCUT2D eigenvalue weighted by atomic mass is 32.2. The molecule has 1 fully saturated rings. The molecule has 7 nitrogen and oxygen atoms in total. The highest BCUT2D eigenvalue weighted by molar-refractivity contribution is 7.93. The number of pyridine rings is 1. The van der Waals surface area contributed by atoms with Crippen LogP contribution in [0.25, 0.3) is 27.0 Å². The van der Waals surface area contributed by atoms with E-state index in [1.807, 2.05) is 26.2 Å². The van der Waals surface area contributed by atoms with Crippen LogP contribution in [0, 0.1) is 0 Å². The Morgan fingerprint density at radius 3 is 2.94 bits per heavy atom. The van der Waals surface area contributed by atoms with E-state index in [-0.39, 0.29) is 0 Å². The molecule has 3 aromatic heterocycles. The zero-order valence-corrected chi connectivity index (χ0v) is 20.3. The zero-order chi connectivity index (χ0) is 22.8. The molecule has 1 unspecified atom stereocenters. The Morgan fingerprint density at radius 1 is 1.47 bits per heavy atom. The number of hydrogen-bond donors (Lipinski definition) is 1. The van der Waals surface area contributed by atoms with E-state index in [9.17, 15) is 4.55 Å². The van der Waals surface area contributed by atoms with E-state index in [4.69, 9.17) is 15.7 Å². The fourth-order valence-corrected chi connectivity index (χ4v) is 6.49. The molecule has 0 aliphatic heterocycles. The molecule has 4 rings (SSSR count). The first kappa shape index (κ1) is 22.7. The van der Waals surface area contributed by atoms with Crippen molar-refractivity contribution >= 4 is 57.0 Å². The zero-order valence-electron chi connectivity index (χ0n) is 18.7. The SMILES string of the molecule is C=N/C=N\C=C(/C)c1cc(-c2cnc(C3CC3)n2C)c2c(N)c([S+]([O-])CCCC)sc2n1. The lowest BCUT2D eigenvalue weighted by Gasteiger charge is -2.10. The van der Waals surface area contributed by atoms with E-state index in [0.717, 1.165) is 51.4 Å². The first-order chi connectivity index (χ1) is 15.5. The second-order valence-electron chi connectivity index (χ2n) is 8.04. The molecule has 0 aromatic carbocycles. The van der Waals surface area contributed by atoms with Crippen molar-refractivity contribution in [2.24, 2.45) is 17.0 Å². The van der Waals surface area contributed by atoms with Gasteiger partial charge in [-0.25, -0.2) is 15.0 Å². The van der Waals surface area contributed by atoms with E-state index in [2.05, 4.69) is 28.2 Å². The maximum Gasteiger partial charge on any atom is 0.232 e. The smallest absolute Gasteiger partial charge is 0.232 e. The Bertz CT molecular complexity index is 1210. The largest absolute Gasteiger partial charge is 0.611 e. The van der Waals surface area contributed by atoms with Gasteiger partial charge in [0, 0.05) is 30.1 Å². The van der Waals surface area contributed by atoms with Gasteiger partial charge in [-0.3, -0.25) is 4.99 Å². The normalized spacial score (nSPS) is 15.7. The molecule has 3 aromatic rings. The van der Waals surface area contributed by atoms with Gasteiger partial charge in [-0.2, -0.15) is 0 Å². The monoisotopic (exact) mass is 468 g/mol. The maximum atomic E-state index is 13.0. The van der Waals surface area contributed by atoms with E-state index in [1.54, 1.807) is 6.20 Å². The summed E-state index contributed by atoms with van der Waals surface area (Å²) in [6.45, 7) is 7.46. The second-order valence-corrected chi connectivity index (χ2v) is 10.8. The molecule has 1 saturated carbocycles. The number of nitrogen functional groups attached to an aromatic ring is 1. The van der Waals surface area contributed by atoms with Gasteiger partial charge in [0.05, 0.1) is 17.6 Å². The fraction of sp³-hybridized carbons (Fsp3) is 0.391. The fourth-order valence-electron chi connectivity index (χ4n) is 3.70. The molecule has 0 spiro atoms. The van der Waals surface area contributed by atoms with Crippen LogP contribution in [-0.4, -0.2) is 37.9 Å². The molecule has 168 valence electrons. The van der Waals surface area contributed by atoms with Crippen molar-refractivity contribution in [3.8, 4) is 11.3 Å². The topological polar surface area (TPSA) is 105 Å². The lowest BCUT2D eigenvalue weighted by molar-refractivity contribution is 0.594. The van der Waals surface area contributed by atoms with Crippen molar-refractivity contribution in [2.45, 2.75) is 49.7 Å². The van der Waals surface area contributed by atoms with Gasteiger partial charge in [0.2, 0.25) is 4.21 Å². The van der Waals surface area contributed by atoms with Gasteiger partial charge < -0.3 is 14.9 Å². The van der Waals surface area contributed by atoms with Crippen molar-refractivity contribution in [3.63, 3.8) is 0 Å². The van der Waals surface area contributed by atoms with Gasteiger partial charge >= 0.3 is 0 Å². The molecule has 3 heterocycles. The number of rotatable bonds is 9. The molecule has 1 aliphatic carbocycles. The minimum atomic E-state index is -1.14. The molecule has 2 N–H and O–H groups in total. The highest BCUT2D eigenvalue weighted by Gasteiger charge is 2.30. The Labute approximate surface area is 195 Å². The van der Waals surface area contributed by atoms with Gasteiger partial charge in [-0.1, -0.05) is 24.7 Å². The van der Waals surface area contributed by atoms with Crippen molar-refractivity contribution in [1.82, 2.24) is 14.5 Å². The lowest BCUT2D eigenvalue weighted by atomic mass is 10.1. The van der Waals surface area contributed by atoms with Crippen LogP contribution in [0.1, 0.15) is 57.0 Å². The van der Waals surface area contributed by atoms with Crippen molar-refractivity contribution in [2.75, 3.05) is 11.5 Å². The molecular weight excluding hydrogens is 440 g/mol. The van der Waals surface area contributed by atoms with Crippen LogP contribution in [0.3, 0.4) is 0 Å². The number of nitrogens with two attached hydrogens (primary N) is 1. The lowest BCUT2D eigenvalue weighted by Crippen LogP contribution is -2.07. The van der Waals surface area contributed by atoms with Crippen LogP contribution in [-0.2, 0) is 18.2 Å². The maximum absolute atomic E-state index is 13.0. The van der Waals surface area contributed by atoms with Gasteiger partial charge in [0.15, 0.2) is 0 Å². The summed E-state index contributed by atoms with van der Waals surface area (Å²) in [6.07, 6.45) is 9.27. The summed E-state index contributed by atoms with van der Waals surface area (Å²) in [6, 6.07) is 2.03. The third kappa shape index (κ3) is 4.37. The van der Waals surface area contributed by atoms with Gasteiger partial charge in [-0.15, -0.1) is 0 Å². The Kier molecular flexibility index (Phi) is 6.78. The first-order valence-corrected chi connectivity index (χ1v) is 12.9. The van der Waals surface area contributed by atoms with E-state index in [1.165, 1.54) is 30.5 Å². The number of aliphatic imine (C=N–C) groups is 2. The number of hydrogen-bond acceptors (Lipinski definition) is 6. The Balaban J connectivity index is 1.90. The summed E-state index contributed by atoms with van der Waals surface area (Å²) >= 11 is 0.283. The average molecular weight is 469 g/mol.